The highest BCUT2D eigenvalue weighted by molar-refractivity contribution is 7.80. The highest BCUT2D eigenvalue weighted by Gasteiger charge is 2.35. The molecule has 2 atom stereocenters. The number of nitrogens with zero attached hydrogens (tertiary/aromatic N) is 1. The van der Waals surface area contributed by atoms with Gasteiger partial charge in [-0.3, -0.25) is 4.79 Å². The Morgan fingerprint density at radius 3 is 2.39 bits per heavy atom. The average molecular weight is 446 g/mol. The SMILES string of the molecule is CCCC[C@H](CC)C(=O)Nc1ccc([C@H]2NC(=S)N(CC)C(CC)=C2C(=O)OC)cc1. The number of methoxy groups -OCH3 is 1. The van der Waals surface area contributed by atoms with Crippen LogP contribution in [0.25, 0.3) is 0 Å². The maximum Gasteiger partial charge on any atom is 0.337 e. The summed E-state index contributed by atoms with van der Waals surface area (Å²) in [6.45, 7) is 8.86. The second-order valence-electron chi connectivity index (χ2n) is 7.69. The third kappa shape index (κ3) is 5.85. The van der Waals surface area contributed by atoms with Crippen molar-refractivity contribution in [2.45, 2.75) is 65.8 Å². The molecule has 31 heavy (non-hydrogen) atoms. The van der Waals surface area contributed by atoms with Gasteiger partial charge in [-0.25, -0.2) is 4.79 Å². The number of allylic oxidation sites excluding steroid dienone is 1. The molecule has 0 saturated carbocycles. The summed E-state index contributed by atoms with van der Waals surface area (Å²) in [4.78, 5) is 27.2. The van der Waals surface area contributed by atoms with Gasteiger partial charge < -0.3 is 20.3 Å². The summed E-state index contributed by atoms with van der Waals surface area (Å²) in [5.41, 5.74) is 3.09. The van der Waals surface area contributed by atoms with Crippen molar-refractivity contribution in [1.82, 2.24) is 10.2 Å². The van der Waals surface area contributed by atoms with Gasteiger partial charge in [0.05, 0.1) is 18.7 Å². The summed E-state index contributed by atoms with van der Waals surface area (Å²) in [5.74, 6) is -0.282. The largest absolute Gasteiger partial charge is 0.466 e. The molecule has 0 aromatic heterocycles. The van der Waals surface area contributed by atoms with Crippen molar-refractivity contribution in [3.63, 3.8) is 0 Å². The molecule has 0 radical (unpaired) electrons. The average Bonchev–Trinajstić information content (AvgIpc) is 2.78. The first-order valence-corrected chi connectivity index (χ1v) is 11.6. The van der Waals surface area contributed by atoms with Gasteiger partial charge in [-0.05, 0) is 56.1 Å². The number of carbonyl (C=O) groups excluding carboxylic acids is 2. The fourth-order valence-electron chi connectivity index (χ4n) is 3.99. The van der Waals surface area contributed by atoms with E-state index in [-0.39, 0.29) is 17.8 Å². The van der Waals surface area contributed by atoms with Crippen LogP contribution in [0, 0.1) is 5.92 Å². The van der Waals surface area contributed by atoms with Gasteiger partial charge in [0, 0.05) is 23.8 Å². The van der Waals surface area contributed by atoms with E-state index in [1.807, 2.05) is 49.9 Å². The molecule has 7 heteroatoms. The quantitative estimate of drug-likeness (QED) is 0.393. The maximum atomic E-state index is 12.6. The van der Waals surface area contributed by atoms with Crippen molar-refractivity contribution in [3.05, 3.63) is 41.1 Å². The molecule has 0 unspecified atom stereocenters. The molecule has 1 aliphatic rings. The van der Waals surface area contributed by atoms with Crippen molar-refractivity contribution in [2.75, 3.05) is 19.0 Å². The van der Waals surface area contributed by atoms with Gasteiger partial charge in [-0.1, -0.05) is 45.7 Å². The molecule has 1 heterocycles. The fourth-order valence-corrected chi connectivity index (χ4v) is 4.35. The summed E-state index contributed by atoms with van der Waals surface area (Å²) >= 11 is 5.55. The molecular weight excluding hydrogens is 410 g/mol. The minimum atomic E-state index is -0.393. The number of unbranched alkanes of at least 4 members (excludes halogenated alkanes) is 1. The van der Waals surface area contributed by atoms with Crippen molar-refractivity contribution in [3.8, 4) is 0 Å². The van der Waals surface area contributed by atoms with Gasteiger partial charge in [-0.2, -0.15) is 0 Å². The van der Waals surface area contributed by atoms with Crippen LogP contribution in [0.5, 0.6) is 0 Å². The third-order valence-electron chi connectivity index (χ3n) is 5.78. The number of esters is 1. The van der Waals surface area contributed by atoms with Crippen LogP contribution in [0.1, 0.15) is 71.4 Å². The Hall–Kier alpha value is -2.41. The van der Waals surface area contributed by atoms with E-state index in [0.717, 1.165) is 42.6 Å². The third-order valence-corrected chi connectivity index (χ3v) is 6.11. The number of carbonyl (C=O) groups is 2. The van der Waals surface area contributed by atoms with Crippen molar-refractivity contribution < 1.29 is 14.3 Å². The maximum absolute atomic E-state index is 12.6. The van der Waals surface area contributed by atoms with Crippen LogP contribution in [-0.2, 0) is 14.3 Å². The zero-order valence-electron chi connectivity index (χ0n) is 19.3. The molecule has 1 amide bonds. The van der Waals surface area contributed by atoms with Crippen molar-refractivity contribution in [2.24, 2.45) is 5.92 Å². The fraction of sp³-hybridized carbons (Fsp3) is 0.542. The Balaban J connectivity index is 2.28. The molecule has 2 N–H and O–H groups in total. The number of hydrogen-bond donors (Lipinski definition) is 2. The Labute approximate surface area is 191 Å². The van der Waals surface area contributed by atoms with Gasteiger partial charge in [0.2, 0.25) is 5.91 Å². The number of nitrogens with one attached hydrogen (secondary N) is 2. The minimum absolute atomic E-state index is 0.0259. The number of thiocarbonyl (C=S) groups is 1. The minimum Gasteiger partial charge on any atom is -0.466 e. The Morgan fingerprint density at radius 2 is 1.87 bits per heavy atom. The zero-order chi connectivity index (χ0) is 23.0. The lowest BCUT2D eigenvalue weighted by Crippen LogP contribution is -2.48. The van der Waals surface area contributed by atoms with E-state index in [1.54, 1.807) is 0 Å². The van der Waals surface area contributed by atoms with E-state index in [2.05, 4.69) is 17.6 Å². The van der Waals surface area contributed by atoms with Crippen molar-refractivity contribution >= 4 is 34.9 Å². The van der Waals surface area contributed by atoms with Gasteiger partial charge in [0.1, 0.15) is 0 Å². The van der Waals surface area contributed by atoms with E-state index in [4.69, 9.17) is 17.0 Å². The number of benzene rings is 1. The van der Waals surface area contributed by atoms with Crippen LogP contribution >= 0.6 is 12.2 Å². The van der Waals surface area contributed by atoms with E-state index in [1.165, 1.54) is 7.11 Å². The Morgan fingerprint density at radius 1 is 1.19 bits per heavy atom. The topological polar surface area (TPSA) is 70.7 Å². The molecule has 0 bridgehead atoms. The number of anilines is 1. The predicted molar refractivity (Wildman–Crippen MR) is 129 cm³/mol. The monoisotopic (exact) mass is 445 g/mol. The number of hydrogen-bond acceptors (Lipinski definition) is 4. The first kappa shape index (κ1) is 24.9. The highest BCUT2D eigenvalue weighted by atomic mass is 32.1. The summed E-state index contributed by atoms with van der Waals surface area (Å²) in [6.07, 6.45) is 4.53. The summed E-state index contributed by atoms with van der Waals surface area (Å²) in [7, 11) is 1.39. The zero-order valence-corrected chi connectivity index (χ0v) is 20.1. The van der Waals surface area contributed by atoms with Crippen LogP contribution in [0.3, 0.4) is 0 Å². The molecule has 6 nitrogen and oxygen atoms in total. The van der Waals surface area contributed by atoms with E-state index >= 15 is 0 Å². The smallest absolute Gasteiger partial charge is 0.337 e. The molecule has 170 valence electrons. The molecule has 1 aliphatic heterocycles. The Kier molecular flexibility index (Phi) is 9.49. The molecule has 2 rings (SSSR count). The lowest BCUT2D eigenvalue weighted by molar-refractivity contribution is -0.136. The molecule has 0 spiro atoms. The first-order chi connectivity index (χ1) is 14.9. The normalized spacial score (nSPS) is 17.3. The van der Waals surface area contributed by atoms with Crippen LogP contribution in [0.2, 0.25) is 0 Å². The molecule has 0 aliphatic carbocycles. The lowest BCUT2D eigenvalue weighted by atomic mass is 9.93. The van der Waals surface area contributed by atoms with Crippen LogP contribution in [0.15, 0.2) is 35.5 Å². The second-order valence-corrected chi connectivity index (χ2v) is 8.08. The van der Waals surface area contributed by atoms with Gasteiger partial charge in [-0.15, -0.1) is 0 Å². The highest BCUT2D eigenvalue weighted by Crippen LogP contribution is 2.33. The summed E-state index contributed by atoms with van der Waals surface area (Å²) in [6, 6.07) is 7.19. The van der Waals surface area contributed by atoms with Crippen LogP contribution in [0.4, 0.5) is 5.69 Å². The molecular formula is C24H35N3O3S. The van der Waals surface area contributed by atoms with E-state index in [9.17, 15) is 9.59 Å². The van der Waals surface area contributed by atoms with E-state index < -0.39 is 6.04 Å². The number of rotatable bonds is 10. The standard InChI is InChI=1S/C24H35N3O3S/c1-6-10-11-16(7-2)22(28)25-18-14-12-17(13-15-18)21-20(23(29)30-5)19(8-3)27(9-4)24(31)26-21/h12-16,21H,6-11H2,1-5H3,(H,25,28)(H,26,31)/t16-,21+/m0/s1. The number of amides is 1. The van der Waals surface area contributed by atoms with Crippen LogP contribution < -0.4 is 10.6 Å². The molecule has 1 aromatic rings. The van der Waals surface area contributed by atoms with Gasteiger partial charge >= 0.3 is 5.97 Å². The van der Waals surface area contributed by atoms with Crippen molar-refractivity contribution in [1.29, 1.82) is 0 Å². The summed E-state index contributed by atoms with van der Waals surface area (Å²) < 4.78 is 5.09. The summed E-state index contributed by atoms with van der Waals surface area (Å²) in [5, 5.41) is 6.90. The predicted octanol–water partition coefficient (Wildman–Crippen LogP) is 4.93. The molecule has 0 fully saturated rings. The van der Waals surface area contributed by atoms with E-state index in [0.29, 0.717) is 23.7 Å². The number of ether oxygens (including phenoxy) is 1. The lowest BCUT2D eigenvalue weighted by Gasteiger charge is -2.38. The molecule has 1 aromatic carbocycles. The van der Waals surface area contributed by atoms with Gasteiger partial charge in [0.25, 0.3) is 0 Å². The second kappa shape index (κ2) is 11.8. The van der Waals surface area contributed by atoms with Crippen LogP contribution in [-0.4, -0.2) is 35.5 Å². The molecule has 0 saturated heterocycles. The van der Waals surface area contributed by atoms with Gasteiger partial charge in [0.15, 0.2) is 5.11 Å². The first-order valence-electron chi connectivity index (χ1n) is 11.2. The Bertz CT molecular complexity index is 820.